The van der Waals surface area contributed by atoms with E-state index in [-0.39, 0.29) is 17.2 Å². The molecule has 0 aliphatic rings. The topological polar surface area (TPSA) is 84.5 Å². The summed E-state index contributed by atoms with van der Waals surface area (Å²) in [6.45, 7) is 1.86. The number of esters is 1. The minimum Gasteiger partial charge on any atom is -0.463 e. The predicted octanol–water partition coefficient (Wildman–Crippen LogP) is 1.22. The van der Waals surface area contributed by atoms with E-state index in [4.69, 9.17) is 11.6 Å². The molecule has 7 heteroatoms. The van der Waals surface area contributed by atoms with Crippen LogP contribution in [0.15, 0.2) is 36.4 Å². The van der Waals surface area contributed by atoms with Gasteiger partial charge in [0.1, 0.15) is 0 Å². The summed E-state index contributed by atoms with van der Waals surface area (Å²) in [6, 6.07) is 6.39. The van der Waals surface area contributed by atoms with Crippen molar-refractivity contribution in [2.45, 2.75) is 6.92 Å². The average molecular weight is 297 g/mol. The third-order valence-corrected chi connectivity index (χ3v) is 2.40. The number of halogens is 1. The summed E-state index contributed by atoms with van der Waals surface area (Å²) in [5, 5.41) is 0.265. The highest BCUT2D eigenvalue weighted by Crippen LogP contribution is 2.13. The third-order valence-electron chi connectivity index (χ3n) is 2.08. The average Bonchev–Trinajstić information content (AvgIpc) is 2.43. The Hall–Kier alpha value is -2.34. The molecular formula is C13H13ClN2O4. The molecule has 0 aliphatic heterocycles. The molecule has 0 saturated carbocycles. The molecule has 1 rings (SSSR count). The molecule has 1 aromatic rings. The molecule has 0 atom stereocenters. The van der Waals surface area contributed by atoms with Crippen LogP contribution in [-0.2, 0) is 14.3 Å². The van der Waals surface area contributed by atoms with Crippen molar-refractivity contribution in [3.8, 4) is 0 Å². The van der Waals surface area contributed by atoms with E-state index in [1.165, 1.54) is 6.07 Å². The molecule has 106 valence electrons. The zero-order chi connectivity index (χ0) is 15.0. The first-order valence-corrected chi connectivity index (χ1v) is 6.12. The molecular weight excluding hydrogens is 284 g/mol. The molecule has 20 heavy (non-hydrogen) atoms. The van der Waals surface area contributed by atoms with E-state index in [2.05, 4.69) is 15.6 Å². The Bertz CT molecular complexity index is 543. The van der Waals surface area contributed by atoms with E-state index in [9.17, 15) is 14.4 Å². The van der Waals surface area contributed by atoms with Crippen LogP contribution in [0.1, 0.15) is 17.3 Å². The van der Waals surface area contributed by atoms with Crippen LogP contribution in [0.2, 0.25) is 5.02 Å². The van der Waals surface area contributed by atoms with Gasteiger partial charge in [-0.1, -0.05) is 23.7 Å². The van der Waals surface area contributed by atoms with Crippen LogP contribution in [0, 0.1) is 0 Å². The van der Waals surface area contributed by atoms with Gasteiger partial charge < -0.3 is 4.74 Å². The molecule has 0 spiro atoms. The first-order valence-electron chi connectivity index (χ1n) is 5.74. The van der Waals surface area contributed by atoms with E-state index in [0.29, 0.717) is 0 Å². The number of ether oxygens (including phenoxy) is 1. The summed E-state index contributed by atoms with van der Waals surface area (Å²) < 4.78 is 4.59. The van der Waals surface area contributed by atoms with Gasteiger partial charge in [-0.15, -0.1) is 0 Å². The zero-order valence-electron chi connectivity index (χ0n) is 10.7. The first kappa shape index (κ1) is 15.7. The second kappa shape index (κ2) is 7.96. The van der Waals surface area contributed by atoms with Crippen LogP contribution in [0.5, 0.6) is 0 Å². The maximum Gasteiger partial charge on any atom is 0.330 e. The van der Waals surface area contributed by atoms with Crippen molar-refractivity contribution in [1.29, 1.82) is 0 Å². The standard InChI is InChI=1S/C13H13ClN2O4/c1-2-20-12(18)8-7-11(17)15-16-13(19)9-5-3-4-6-10(9)14/h3-8H,2H2,1H3,(H,15,17)(H,16,19)/b8-7+. The summed E-state index contributed by atoms with van der Waals surface area (Å²) in [7, 11) is 0. The molecule has 2 amide bonds. The number of amides is 2. The molecule has 0 saturated heterocycles. The minimum atomic E-state index is -0.668. The third kappa shape index (κ3) is 5.11. The summed E-state index contributed by atoms with van der Waals surface area (Å²) in [6.07, 6.45) is 1.91. The van der Waals surface area contributed by atoms with Crippen LogP contribution in [0.25, 0.3) is 0 Å². The van der Waals surface area contributed by atoms with Crippen molar-refractivity contribution in [3.63, 3.8) is 0 Å². The summed E-state index contributed by atoms with van der Waals surface area (Å²) in [5.74, 6) is -1.87. The summed E-state index contributed by atoms with van der Waals surface area (Å²) in [4.78, 5) is 34.0. The highest BCUT2D eigenvalue weighted by atomic mass is 35.5. The van der Waals surface area contributed by atoms with Crippen LogP contribution >= 0.6 is 11.6 Å². The van der Waals surface area contributed by atoms with Crippen molar-refractivity contribution in [3.05, 3.63) is 47.0 Å². The van der Waals surface area contributed by atoms with Crippen LogP contribution in [0.4, 0.5) is 0 Å². The predicted molar refractivity (Wildman–Crippen MR) is 72.8 cm³/mol. The number of benzene rings is 1. The zero-order valence-corrected chi connectivity index (χ0v) is 11.4. The quantitative estimate of drug-likeness (QED) is 0.497. The minimum absolute atomic E-state index is 0.216. The normalized spacial score (nSPS) is 10.1. The Labute approximate surface area is 120 Å². The lowest BCUT2D eigenvalue weighted by Crippen LogP contribution is -2.40. The fraction of sp³-hybridized carbons (Fsp3) is 0.154. The van der Waals surface area contributed by atoms with Gasteiger partial charge in [0, 0.05) is 12.2 Å². The van der Waals surface area contributed by atoms with Crippen LogP contribution < -0.4 is 10.9 Å². The number of carbonyl (C=O) groups is 3. The van der Waals surface area contributed by atoms with E-state index in [1.807, 2.05) is 0 Å². The van der Waals surface area contributed by atoms with Crippen molar-refractivity contribution >= 4 is 29.4 Å². The number of nitrogens with one attached hydrogen (secondary N) is 2. The largest absolute Gasteiger partial charge is 0.463 e. The molecule has 0 radical (unpaired) electrons. The summed E-state index contributed by atoms with van der Waals surface area (Å²) >= 11 is 5.82. The van der Waals surface area contributed by atoms with Gasteiger partial charge >= 0.3 is 5.97 Å². The fourth-order valence-corrected chi connectivity index (χ4v) is 1.43. The van der Waals surface area contributed by atoms with Crippen molar-refractivity contribution in [2.24, 2.45) is 0 Å². The smallest absolute Gasteiger partial charge is 0.330 e. The molecule has 6 nitrogen and oxygen atoms in total. The second-order valence-corrected chi connectivity index (χ2v) is 3.92. The molecule has 1 aromatic carbocycles. The molecule has 0 heterocycles. The van der Waals surface area contributed by atoms with Gasteiger partial charge in [-0.2, -0.15) is 0 Å². The Balaban J connectivity index is 2.47. The van der Waals surface area contributed by atoms with Gasteiger partial charge in [-0.3, -0.25) is 20.4 Å². The monoisotopic (exact) mass is 296 g/mol. The lowest BCUT2D eigenvalue weighted by molar-refractivity contribution is -0.137. The Morgan fingerprint density at radius 2 is 1.90 bits per heavy atom. The SMILES string of the molecule is CCOC(=O)/C=C/C(=O)NNC(=O)c1ccccc1Cl. The van der Waals surface area contributed by atoms with Crippen molar-refractivity contribution in [1.82, 2.24) is 10.9 Å². The van der Waals surface area contributed by atoms with Gasteiger partial charge in [-0.25, -0.2) is 4.79 Å². The van der Waals surface area contributed by atoms with E-state index < -0.39 is 17.8 Å². The second-order valence-electron chi connectivity index (χ2n) is 3.51. The number of carbonyl (C=O) groups excluding carboxylic acids is 3. The number of hydrogen-bond donors (Lipinski definition) is 2. The molecule has 2 N–H and O–H groups in total. The first-order chi connectivity index (χ1) is 9.54. The maximum atomic E-state index is 11.7. The van der Waals surface area contributed by atoms with Crippen molar-refractivity contribution in [2.75, 3.05) is 6.61 Å². The van der Waals surface area contributed by atoms with E-state index in [0.717, 1.165) is 12.2 Å². The maximum absolute atomic E-state index is 11.7. The van der Waals surface area contributed by atoms with Gasteiger partial charge in [0.2, 0.25) is 0 Å². The van der Waals surface area contributed by atoms with E-state index >= 15 is 0 Å². The lowest BCUT2D eigenvalue weighted by Gasteiger charge is -2.06. The van der Waals surface area contributed by atoms with Gasteiger partial charge in [0.05, 0.1) is 17.2 Å². The molecule has 0 aromatic heterocycles. The van der Waals surface area contributed by atoms with E-state index in [1.54, 1.807) is 25.1 Å². The summed E-state index contributed by atoms with van der Waals surface area (Å²) in [5.41, 5.74) is 4.51. The van der Waals surface area contributed by atoms with Crippen LogP contribution in [0.3, 0.4) is 0 Å². The number of hydrogen-bond acceptors (Lipinski definition) is 4. The molecule has 0 unspecified atom stereocenters. The number of hydrazine groups is 1. The Kier molecular flexibility index (Phi) is 6.25. The highest BCUT2D eigenvalue weighted by Gasteiger charge is 2.09. The van der Waals surface area contributed by atoms with Gasteiger partial charge in [0.15, 0.2) is 0 Å². The molecule has 0 fully saturated rings. The van der Waals surface area contributed by atoms with Crippen LogP contribution in [-0.4, -0.2) is 24.4 Å². The highest BCUT2D eigenvalue weighted by molar-refractivity contribution is 6.33. The fourth-order valence-electron chi connectivity index (χ4n) is 1.21. The Morgan fingerprint density at radius 1 is 1.20 bits per heavy atom. The van der Waals surface area contributed by atoms with Gasteiger partial charge in [0.25, 0.3) is 11.8 Å². The molecule has 0 aliphatic carbocycles. The van der Waals surface area contributed by atoms with Gasteiger partial charge in [-0.05, 0) is 19.1 Å². The number of rotatable bonds is 4. The molecule has 0 bridgehead atoms. The lowest BCUT2D eigenvalue weighted by atomic mass is 10.2. The Morgan fingerprint density at radius 3 is 2.55 bits per heavy atom. The van der Waals surface area contributed by atoms with Crippen molar-refractivity contribution < 1.29 is 19.1 Å².